The Labute approximate surface area is 115 Å². The van der Waals surface area contributed by atoms with Gasteiger partial charge >= 0.3 is 0 Å². The number of pyridine rings is 1. The first kappa shape index (κ1) is 12.0. The number of fused-ring (bicyclic) bond motifs is 1. The van der Waals surface area contributed by atoms with Crippen LogP contribution in [0.5, 0.6) is 0 Å². The number of benzene rings is 1. The first-order valence-electron chi connectivity index (χ1n) is 6.06. The molecule has 0 bridgehead atoms. The summed E-state index contributed by atoms with van der Waals surface area (Å²) in [6, 6.07) is 9.42. The van der Waals surface area contributed by atoms with Crippen LogP contribution < -0.4 is 5.73 Å². The van der Waals surface area contributed by atoms with E-state index in [0.29, 0.717) is 10.8 Å². The molecule has 0 spiro atoms. The van der Waals surface area contributed by atoms with E-state index < -0.39 is 0 Å². The summed E-state index contributed by atoms with van der Waals surface area (Å²) in [6.07, 6.45) is 1.74. The van der Waals surface area contributed by atoms with Gasteiger partial charge in [-0.3, -0.25) is 0 Å². The summed E-state index contributed by atoms with van der Waals surface area (Å²) in [5.41, 5.74) is 8.52. The quantitative estimate of drug-likeness (QED) is 0.778. The monoisotopic (exact) mass is 272 g/mol. The summed E-state index contributed by atoms with van der Waals surface area (Å²) in [6.45, 7) is 2.90. The Morgan fingerprint density at radius 1 is 1.26 bits per heavy atom. The van der Waals surface area contributed by atoms with Gasteiger partial charge in [-0.1, -0.05) is 11.6 Å². The number of nitrogen functional groups attached to an aromatic ring is 1. The third-order valence-corrected chi connectivity index (χ3v) is 3.31. The average molecular weight is 273 g/mol. The van der Waals surface area contributed by atoms with Crippen molar-refractivity contribution in [1.29, 1.82) is 0 Å². The van der Waals surface area contributed by atoms with Crippen LogP contribution in [0.25, 0.3) is 22.4 Å². The molecule has 0 aliphatic carbocycles. The number of imidazole rings is 1. The van der Waals surface area contributed by atoms with Crippen molar-refractivity contribution >= 4 is 28.5 Å². The number of hydrogen-bond acceptors (Lipinski definition) is 3. The molecule has 0 aliphatic rings. The molecule has 3 aromatic rings. The molecule has 1 aromatic carbocycles. The Morgan fingerprint density at radius 2 is 2.11 bits per heavy atom. The molecule has 2 N–H and O–H groups in total. The second-order valence-electron chi connectivity index (χ2n) is 4.28. The van der Waals surface area contributed by atoms with Gasteiger partial charge in [0.05, 0.1) is 11.0 Å². The molecule has 0 amide bonds. The Bertz CT molecular complexity index is 731. The highest BCUT2D eigenvalue weighted by Crippen LogP contribution is 2.26. The number of anilines is 1. The van der Waals surface area contributed by atoms with E-state index in [1.807, 2.05) is 24.3 Å². The summed E-state index contributed by atoms with van der Waals surface area (Å²) < 4.78 is 2.12. The van der Waals surface area contributed by atoms with Crippen molar-refractivity contribution in [1.82, 2.24) is 14.5 Å². The van der Waals surface area contributed by atoms with E-state index in [2.05, 4.69) is 21.5 Å². The van der Waals surface area contributed by atoms with Gasteiger partial charge in [0.2, 0.25) is 0 Å². The topological polar surface area (TPSA) is 56.7 Å². The van der Waals surface area contributed by atoms with Crippen LogP contribution in [0.15, 0.2) is 36.5 Å². The summed E-state index contributed by atoms with van der Waals surface area (Å²) in [5.74, 6) is 1.39. The van der Waals surface area contributed by atoms with Crippen LogP contribution >= 0.6 is 11.6 Å². The zero-order valence-electron chi connectivity index (χ0n) is 10.5. The standard InChI is InChI=1S/C14H13ClN4/c1-2-19-12-7-10(15)4-5-11(12)18-14(19)9-3-6-13(16)17-8-9/h3-8H,2H2,1H3,(H2,16,17). The molecular weight excluding hydrogens is 260 g/mol. The van der Waals surface area contributed by atoms with E-state index >= 15 is 0 Å². The van der Waals surface area contributed by atoms with Crippen molar-refractivity contribution in [2.45, 2.75) is 13.5 Å². The van der Waals surface area contributed by atoms with Gasteiger partial charge in [0.25, 0.3) is 0 Å². The van der Waals surface area contributed by atoms with Crippen LogP contribution in [-0.2, 0) is 6.54 Å². The summed E-state index contributed by atoms with van der Waals surface area (Å²) >= 11 is 6.05. The van der Waals surface area contributed by atoms with Crippen molar-refractivity contribution in [3.05, 3.63) is 41.6 Å². The van der Waals surface area contributed by atoms with Crippen LogP contribution in [0.1, 0.15) is 6.92 Å². The summed E-state index contributed by atoms with van der Waals surface area (Å²) in [5, 5.41) is 0.712. The lowest BCUT2D eigenvalue weighted by Crippen LogP contribution is -1.98. The Hall–Kier alpha value is -2.07. The molecular formula is C14H13ClN4. The minimum atomic E-state index is 0.506. The van der Waals surface area contributed by atoms with Gasteiger partial charge in [-0.25, -0.2) is 9.97 Å². The maximum atomic E-state index is 6.05. The van der Waals surface area contributed by atoms with Crippen molar-refractivity contribution in [3.8, 4) is 11.4 Å². The maximum absolute atomic E-state index is 6.05. The smallest absolute Gasteiger partial charge is 0.142 e. The molecule has 0 aliphatic heterocycles. The lowest BCUT2D eigenvalue weighted by molar-refractivity contribution is 0.796. The zero-order chi connectivity index (χ0) is 13.4. The molecule has 0 saturated heterocycles. The minimum absolute atomic E-state index is 0.506. The van der Waals surface area contributed by atoms with Crippen molar-refractivity contribution < 1.29 is 0 Å². The molecule has 0 atom stereocenters. The predicted molar refractivity (Wildman–Crippen MR) is 78.1 cm³/mol. The summed E-state index contributed by atoms with van der Waals surface area (Å²) in [4.78, 5) is 8.77. The van der Waals surface area contributed by atoms with Gasteiger partial charge < -0.3 is 10.3 Å². The second kappa shape index (κ2) is 4.55. The van der Waals surface area contributed by atoms with E-state index in [9.17, 15) is 0 Å². The van der Waals surface area contributed by atoms with Crippen LogP contribution in [0, 0.1) is 0 Å². The number of halogens is 1. The largest absolute Gasteiger partial charge is 0.384 e. The van der Waals surface area contributed by atoms with E-state index in [0.717, 1.165) is 29.0 Å². The second-order valence-corrected chi connectivity index (χ2v) is 4.72. The van der Waals surface area contributed by atoms with Crippen molar-refractivity contribution in [2.75, 3.05) is 5.73 Å². The minimum Gasteiger partial charge on any atom is -0.384 e. The van der Waals surface area contributed by atoms with Crippen LogP contribution in [0.3, 0.4) is 0 Å². The Balaban J connectivity index is 2.25. The molecule has 4 nitrogen and oxygen atoms in total. The van der Waals surface area contributed by atoms with Gasteiger partial charge in [-0.15, -0.1) is 0 Å². The number of aromatic nitrogens is 3. The number of hydrogen-bond donors (Lipinski definition) is 1. The van der Waals surface area contributed by atoms with E-state index in [1.54, 1.807) is 12.3 Å². The van der Waals surface area contributed by atoms with Crippen LogP contribution in [0.4, 0.5) is 5.82 Å². The average Bonchev–Trinajstić information content (AvgIpc) is 2.77. The van der Waals surface area contributed by atoms with Gasteiger partial charge in [0, 0.05) is 23.3 Å². The fourth-order valence-corrected chi connectivity index (χ4v) is 2.34. The van der Waals surface area contributed by atoms with Gasteiger partial charge in [0.15, 0.2) is 0 Å². The molecule has 0 fully saturated rings. The molecule has 0 radical (unpaired) electrons. The van der Waals surface area contributed by atoms with Gasteiger partial charge in [-0.05, 0) is 37.3 Å². The van der Waals surface area contributed by atoms with Gasteiger partial charge in [0.1, 0.15) is 11.6 Å². The molecule has 2 heterocycles. The molecule has 5 heteroatoms. The molecule has 3 rings (SSSR count). The molecule has 0 saturated carbocycles. The highest BCUT2D eigenvalue weighted by Gasteiger charge is 2.11. The third-order valence-electron chi connectivity index (χ3n) is 3.07. The molecule has 0 unspecified atom stereocenters. The van der Waals surface area contributed by atoms with Crippen molar-refractivity contribution in [3.63, 3.8) is 0 Å². The molecule has 2 aromatic heterocycles. The predicted octanol–water partition coefficient (Wildman–Crippen LogP) is 3.35. The first-order chi connectivity index (χ1) is 9.19. The van der Waals surface area contributed by atoms with Gasteiger partial charge in [-0.2, -0.15) is 0 Å². The third kappa shape index (κ3) is 2.04. The maximum Gasteiger partial charge on any atom is 0.142 e. The number of nitrogens with two attached hydrogens (primary N) is 1. The fourth-order valence-electron chi connectivity index (χ4n) is 2.17. The number of rotatable bonds is 2. The van der Waals surface area contributed by atoms with Crippen LogP contribution in [0.2, 0.25) is 5.02 Å². The number of nitrogens with zero attached hydrogens (tertiary/aromatic N) is 3. The van der Waals surface area contributed by atoms with E-state index in [4.69, 9.17) is 17.3 Å². The Morgan fingerprint density at radius 3 is 2.79 bits per heavy atom. The lowest BCUT2D eigenvalue weighted by Gasteiger charge is -2.06. The van der Waals surface area contributed by atoms with Crippen molar-refractivity contribution in [2.24, 2.45) is 0 Å². The first-order valence-corrected chi connectivity index (χ1v) is 6.44. The molecule has 96 valence electrons. The lowest BCUT2D eigenvalue weighted by atomic mass is 10.2. The van der Waals surface area contributed by atoms with E-state index in [-0.39, 0.29) is 0 Å². The fraction of sp³-hybridized carbons (Fsp3) is 0.143. The number of aryl methyl sites for hydroxylation is 1. The molecule has 19 heavy (non-hydrogen) atoms. The highest BCUT2D eigenvalue weighted by atomic mass is 35.5. The summed E-state index contributed by atoms with van der Waals surface area (Å²) in [7, 11) is 0. The van der Waals surface area contributed by atoms with E-state index in [1.165, 1.54) is 0 Å². The SMILES string of the molecule is CCn1c(-c2ccc(N)nc2)nc2ccc(Cl)cc21. The zero-order valence-corrected chi connectivity index (χ0v) is 11.2. The normalized spacial score (nSPS) is 11.1. The van der Waals surface area contributed by atoms with Crippen LogP contribution in [-0.4, -0.2) is 14.5 Å². The Kier molecular flexibility index (Phi) is 2.87. The highest BCUT2D eigenvalue weighted by molar-refractivity contribution is 6.31.